The Balaban J connectivity index is 0.000000220. The molecule has 2 aromatic carbocycles. The second-order valence-corrected chi connectivity index (χ2v) is 4.79. The van der Waals surface area contributed by atoms with Crippen LogP contribution in [0.25, 0.3) is 0 Å². The van der Waals surface area contributed by atoms with E-state index in [1.807, 2.05) is 0 Å². The van der Waals surface area contributed by atoms with E-state index in [9.17, 15) is 20.2 Å². The summed E-state index contributed by atoms with van der Waals surface area (Å²) >= 11 is 11.0. The first kappa shape index (κ1) is 17.5. The Kier molecular flexibility index (Phi) is 5.90. The van der Waals surface area contributed by atoms with Crippen LogP contribution in [0, 0.1) is 20.2 Å². The second-order valence-electron chi connectivity index (χ2n) is 3.92. The van der Waals surface area contributed by atoms with Crippen molar-refractivity contribution in [3.63, 3.8) is 0 Å². The predicted octanol–water partition coefficient (Wildman–Crippen LogP) is 3.66. The fourth-order valence-corrected chi connectivity index (χ4v) is 1.68. The molecule has 0 fully saturated rings. The molecule has 0 saturated carbocycles. The number of nitro groups is 2. The number of nitrogen functional groups attached to an aromatic ring is 2. The van der Waals surface area contributed by atoms with Crippen LogP contribution in [0.15, 0.2) is 36.4 Å². The number of hydrogen-bond donors (Lipinski definition) is 2. The lowest BCUT2D eigenvalue weighted by molar-refractivity contribution is -0.384. The molecule has 0 aromatic heterocycles. The minimum absolute atomic E-state index is 0.124. The van der Waals surface area contributed by atoms with Gasteiger partial charge in [0.2, 0.25) is 0 Å². The first-order valence-electron chi connectivity index (χ1n) is 5.61. The lowest BCUT2D eigenvalue weighted by Crippen LogP contribution is -1.94. The number of nitro benzene ring substituents is 2. The van der Waals surface area contributed by atoms with Crippen molar-refractivity contribution >= 4 is 46.0 Å². The maximum Gasteiger partial charge on any atom is 0.293 e. The SMILES string of the molecule is Nc1ccc(Cl)cc1[N+](=O)[O-].Nc1ccc(Cl)cc1[N+](=O)[O-]. The molecule has 0 spiro atoms. The molecule has 0 bridgehead atoms. The van der Waals surface area contributed by atoms with Crippen LogP contribution in [0.4, 0.5) is 22.7 Å². The van der Waals surface area contributed by atoms with Crippen molar-refractivity contribution in [2.24, 2.45) is 0 Å². The number of anilines is 2. The van der Waals surface area contributed by atoms with E-state index in [2.05, 4.69) is 0 Å². The normalized spacial score (nSPS) is 9.55. The molecule has 22 heavy (non-hydrogen) atoms. The average molecular weight is 345 g/mol. The lowest BCUT2D eigenvalue weighted by atomic mass is 10.3. The standard InChI is InChI=1S/2C6H5ClN2O2/c2*7-4-1-2-5(8)6(3-4)9(10)11/h2*1-3H,8H2. The third kappa shape index (κ3) is 4.76. The number of rotatable bonds is 2. The first-order chi connectivity index (χ1) is 10.2. The van der Waals surface area contributed by atoms with Crippen LogP contribution in [0.5, 0.6) is 0 Å². The van der Waals surface area contributed by atoms with Crippen molar-refractivity contribution in [3.8, 4) is 0 Å². The molecule has 0 heterocycles. The molecule has 8 nitrogen and oxygen atoms in total. The molecule has 0 aliphatic heterocycles. The number of nitrogens with two attached hydrogens (primary N) is 2. The van der Waals surface area contributed by atoms with Crippen LogP contribution in [-0.4, -0.2) is 9.85 Å². The van der Waals surface area contributed by atoms with E-state index in [0.29, 0.717) is 10.0 Å². The van der Waals surface area contributed by atoms with Crippen LogP contribution in [0.2, 0.25) is 10.0 Å². The highest BCUT2D eigenvalue weighted by Crippen LogP contribution is 2.25. The molecule has 0 aliphatic rings. The number of hydrogen-bond acceptors (Lipinski definition) is 6. The lowest BCUT2D eigenvalue weighted by Gasteiger charge is -1.95. The van der Waals surface area contributed by atoms with Crippen LogP contribution >= 0.6 is 23.2 Å². The van der Waals surface area contributed by atoms with E-state index in [0.717, 1.165) is 0 Å². The highest BCUT2D eigenvalue weighted by molar-refractivity contribution is 6.31. The molecule has 10 heteroatoms. The molecule has 2 aromatic rings. The molecular formula is C12H10Cl2N4O4. The summed E-state index contributed by atoms with van der Waals surface area (Å²) in [5, 5.41) is 21.1. The molecule has 2 rings (SSSR count). The van der Waals surface area contributed by atoms with E-state index in [-0.39, 0.29) is 22.7 Å². The Morgan fingerprint density at radius 1 is 0.773 bits per heavy atom. The van der Waals surface area contributed by atoms with Crippen molar-refractivity contribution in [1.29, 1.82) is 0 Å². The van der Waals surface area contributed by atoms with E-state index >= 15 is 0 Å². The Morgan fingerprint density at radius 2 is 1.09 bits per heavy atom. The van der Waals surface area contributed by atoms with E-state index in [1.165, 1.54) is 36.4 Å². The van der Waals surface area contributed by atoms with Crippen molar-refractivity contribution in [3.05, 3.63) is 66.7 Å². The molecular weight excluding hydrogens is 335 g/mol. The third-order valence-corrected chi connectivity index (χ3v) is 2.85. The summed E-state index contributed by atoms with van der Waals surface area (Å²) in [5.41, 5.74) is 10.5. The Labute approximate surface area is 134 Å². The highest BCUT2D eigenvalue weighted by Gasteiger charge is 2.11. The quantitative estimate of drug-likeness (QED) is 0.484. The van der Waals surface area contributed by atoms with Gasteiger partial charge in [0.1, 0.15) is 11.4 Å². The largest absolute Gasteiger partial charge is 0.393 e. The fourth-order valence-electron chi connectivity index (χ4n) is 1.35. The first-order valence-corrected chi connectivity index (χ1v) is 6.36. The average Bonchev–Trinajstić information content (AvgIpc) is 2.44. The summed E-state index contributed by atoms with van der Waals surface area (Å²) in [5.74, 6) is 0. The summed E-state index contributed by atoms with van der Waals surface area (Å²) in [6.07, 6.45) is 0. The van der Waals surface area contributed by atoms with Gasteiger partial charge in [-0.05, 0) is 24.3 Å². The maximum atomic E-state index is 10.2. The Hall–Kier alpha value is -2.58. The van der Waals surface area contributed by atoms with Crippen LogP contribution in [-0.2, 0) is 0 Å². The maximum absolute atomic E-state index is 10.2. The van der Waals surface area contributed by atoms with Crippen molar-refractivity contribution < 1.29 is 9.85 Å². The fraction of sp³-hybridized carbons (Fsp3) is 0. The number of benzene rings is 2. The van der Waals surface area contributed by atoms with Crippen molar-refractivity contribution in [2.75, 3.05) is 11.5 Å². The van der Waals surface area contributed by atoms with Gasteiger partial charge in [-0.2, -0.15) is 0 Å². The van der Waals surface area contributed by atoms with Crippen molar-refractivity contribution in [1.82, 2.24) is 0 Å². The van der Waals surface area contributed by atoms with Crippen LogP contribution < -0.4 is 11.5 Å². The van der Waals surface area contributed by atoms with Crippen LogP contribution in [0.3, 0.4) is 0 Å². The molecule has 0 saturated heterocycles. The van der Waals surface area contributed by atoms with Gasteiger partial charge >= 0.3 is 0 Å². The molecule has 0 radical (unpaired) electrons. The smallest absolute Gasteiger partial charge is 0.293 e. The number of halogens is 2. The highest BCUT2D eigenvalue weighted by atomic mass is 35.5. The number of nitrogens with zero attached hydrogens (tertiary/aromatic N) is 2. The molecule has 0 unspecified atom stereocenters. The Bertz CT molecular complexity index is 663. The Morgan fingerprint density at radius 3 is 1.32 bits per heavy atom. The minimum atomic E-state index is -0.568. The summed E-state index contributed by atoms with van der Waals surface area (Å²) < 4.78 is 0. The summed E-state index contributed by atoms with van der Waals surface area (Å²) in [4.78, 5) is 19.3. The predicted molar refractivity (Wildman–Crippen MR) is 85.0 cm³/mol. The molecule has 116 valence electrons. The zero-order valence-electron chi connectivity index (χ0n) is 10.9. The summed E-state index contributed by atoms with van der Waals surface area (Å²) in [6.45, 7) is 0. The van der Waals surface area contributed by atoms with Gasteiger partial charge in [0.15, 0.2) is 0 Å². The van der Waals surface area contributed by atoms with Gasteiger partial charge in [-0.3, -0.25) is 20.2 Å². The van der Waals surface area contributed by atoms with Gasteiger partial charge in [-0.15, -0.1) is 0 Å². The van der Waals surface area contributed by atoms with Gasteiger partial charge in [0.25, 0.3) is 11.4 Å². The second kappa shape index (κ2) is 7.43. The minimum Gasteiger partial charge on any atom is -0.393 e. The van der Waals surface area contributed by atoms with Gasteiger partial charge < -0.3 is 11.5 Å². The van der Waals surface area contributed by atoms with Crippen molar-refractivity contribution in [2.45, 2.75) is 0 Å². The zero-order valence-corrected chi connectivity index (χ0v) is 12.4. The van der Waals surface area contributed by atoms with Gasteiger partial charge in [0.05, 0.1) is 9.85 Å². The van der Waals surface area contributed by atoms with Gasteiger partial charge in [0, 0.05) is 22.2 Å². The zero-order chi connectivity index (χ0) is 16.9. The van der Waals surface area contributed by atoms with Crippen LogP contribution in [0.1, 0.15) is 0 Å². The monoisotopic (exact) mass is 344 g/mol. The van der Waals surface area contributed by atoms with E-state index in [4.69, 9.17) is 34.7 Å². The molecule has 0 aliphatic carbocycles. The van der Waals surface area contributed by atoms with E-state index < -0.39 is 9.85 Å². The van der Waals surface area contributed by atoms with E-state index in [1.54, 1.807) is 0 Å². The molecule has 4 N–H and O–H groups in total. The van der Waals surface area contributed by atoms with Gasteiger partial charge in [-0.1, -0.05) is 23.2 Å². The third-order valence-electron chi connectivity index (χ3n) is 2.38. The molecule has 0 amide bonds. The summed E-state index contributed by atoms with van der Waals surface area (Å²) in [6, 6.07) is 8.25. The van der Waals surface area contributed by atoms with Gasteiger partial charge in [-0.25, -0.2) is 0 Å². The topological polar surface area (TPSA) is 138 Å². The summed E-state index contributed by atoms with van der Waals surface area (Å²) in [7, 11) is 0. The molecule has 0 atom stereocenters.